The van der Waals surface area contributed by atoms with E-state index in [1.807, 2.05) is 25.1 Å². The SMILES string of the molecule is COc1cc(CC(C)N)ccc1OCC1CCCO1. The Hall–Kier alpha value is -1.26. The maximum absolute atomic E-state index is 5.81. The average Bonchev–Trinajstić information content (AvgIpc) is 2.89. The van der Waals surface area contributed by atoms with Gasteiger partial charge in [-0.3, -0.25) is 0 Å². The lowest BCUT2D eigenvalue weighted by Gasteiger charge is -2.15. The Morgan fingerprint density at radius 3 is 2.89 bits per heavy atom. The highest BCUT2D eigenvalue weighted by Crippen LogP contribution is 2.29. The van der Waals surface area contributed by atoms with Crippen LogP contribution in [0, 0.1) is 0 Å². The molecular formula is C15H23NO3. The summed E-state index contributed by atoms with van der Waals surface area (Å²) < 4.78 is 16.7. The van der Waals surface area contributed by atoms with Crippen LogP contribution in [0.25, 0.3) is 0 Å². The molecule has 0 radical (unpaired) electrons. The van der Waals surface area contributed by atoms with E-state index in [4.69, 9.17) is 19.9 Å². The minimum Gasteiger partial charge on any atom is -0.493 e. The number of hydrogen-bond donors (Lipinski definition) is 1. The van der Waals surface area contributed by atoms with Crippen molar-refractivity contribution in [3.05, 3.63) is 23.8 Å². The van der Waals surface area contributed by atoms with Crippen LogP contribution in [-0.2, 0) is 11.2 Å². The van der Waals surface area contributed by atoms with Crippen LogP contribution in [0.15, 0.2) is 18.2 Å². The average molecular weight is 265 g/mol. The molecule has 0 aromatic heterocycles. The molecule has 4 nitrogen and oxygen atoms in total. The van der Waals surface area contributed by atoms with Crippen molar-refractivity contribution >= 4 is 0 Å². The quantitative estimate of drug-likeness (QED) is 0.856. The number of methoxy groups -OCH3 is 1. The summed E-state index contributed by atoms with van der Waals surface area (Å²) in [5.74, 6) is 1.53. The van der Waals surface area contributed by atoms with Gasteiger partial charge in [0.15, 0.2) is 11.5 Å². The monoisotopic (exact) mass is 265 g/mol. The van der Waals surface area contributed by atoms with Gasteiger partial charge in [-0.1, -0.05) is 6.07 Å². The third-order valence-electron chi connectivity index (χ3n) is 3.23. The Morgan fingerprint density at radius 1 is 1.42 bits per heavy atom. The molecule has 4 heteroatoms. The van der Waals surface area contributed by atoms with E-state index in [0.29, 0.717) is 6.61 Å². The Balaban J connectivity index is 1.98. The maximum Gasteiger partial charge on any atom is 0.161 e. The van der Waals surface area contributed by atoms with Crippen LogP contribution in [0.1, 0.15) is 25.3 Å². The molecule has 1 saturated heterocycles. The van der Waals surface area contributed by atoms with E-state index in [0.717, 1.165) is 42.9 Å². The first-order valence-electron chi connectivity index (χ1n) is 6.86. The molecule has 1 aliphatic rings. The highest BCUT2D eigenvalue weighted by molar-refractivity contribution is 5.43. The molecule has 2 unspecified atom stereocenters. The van der Waals surface area contributed by atoms with Crippen LogP contribution >= 0.6 is 0 Å². The second-order valence-corrected chi connectivity index (χ2v) is 5.11. The predicted octanol–water partition coefficient (Wildman–Crippen LogP) is 2.14. The molecule has 1 heterocycles. The van der Waals surface area contributed by atoms with E-state index < -0.39 is 0 Å². The summed E-state index contributed by atoms with van der Waals surface area (Å²) in [6.07, 6.45) is 3.25. The highest BCUT2D eigenvalue weighted by atomic mass is 16.5. The number of nitrogens with two attached hydrogens (primary N) is 1. The van der Waals surface area contributed by atoms with Crippen molar-refractivity contribution < 1.29 is 14.2 Å². The van der Waals surface area contributed by atoms with E-state index >= 15 is 0 Å². The van der Waals surface area contributed by atoms with Crippen LogP contribution in [0.5, 0.6) is 11.5 Å². The fourth-order valence-corrected chi connectivity index (χ4v) is 2.29. The molecule has 1 fully saturated rings. The molecule has 0 aliphatic carbocycles. The largest absolute Gasteiger partial charge is 0.493 e. The standard InChI is InChI=1S/C15H23NO3/c1-11(16)8-12-5-6-14(15(9-12)17-2)19-10-13-4-3-7-18-13/h5-6,9,11,13H,3-4,7-8,10,16H2,1-2H3. The van der Waals surface area contributed by atoms with Crippen molar-refractivity contribution in [1.29, 1.82) is 0 Å². The van der Waals surface area contributed by atoms with Crippen LogP contribution in [0.4, 0.5) is 0 Å². The third kappa shape index (κ3) is 4.11. The normalized spacial score (nSPS) is 20.3. The molecule has 1 aromatic rings. The van der Waals surface area contributed by atoms with E-state index in [1.165, 1.54) is 0 Å². The third-order valence-corrected chi connectivity index (χ3v) is 3.23. The zero-order valence-corrected chi connectivity index (χ0v) is 11.7. The Morgan fingerprint density at radius 2 is 2.26 bits per heavy atom. The first-order valence-corrected chi connectivity index (χ1v) is 6.86. The molecule has 1 aliphatic heterocycles. The van der Waals surface area contributed by atoms with Gasteiger partial charge in [-0.05, 0) is 43.9 Å². The van der Waals surface area contributed by atoms with Gasteiger partial charge in [-0.2, -0.15) is 0 Å². The van der Waals surface area contributed by atoms with Crippen molar-refractivity contribution in [1.82, 2.24) is 0 Å². The number of hydrogen-bond acceptors (Lipinski definition) is 4. The summed E-state index contributed by atoms with van der Waals surface area (Å²) in [4.78, 5) is 0. The summed E-state index contributed by atoms with van der Waals surface area (Å²) in [6.45, 7) is 3.43. The Bertz CT molecular complexity index is 400. The molecular weight excluding hydrogens is 242 g/mol. The van der Waals surface area contributed by atoms with Gasteiger partial charge in [0.1, 0.15) is 6.61 Å². The molecule has 19 heavy (non-hydrogen) atoms. The van der Waals surface area contributed by atoms with Gasteiger partial charge in [0.2, 0.25) is 0 Å². The van der Waals surface area contributed by atoms with Crippen molar-refractivity contribution in [3.8, 4) is 11.5 Å². The summed E-state index contributed by atoms with van der Waals surface area (Å²) in [6, 6.07) is 6.12. The minimum atomic E-state index is 0.142. The first kappa shape index (κ1) is 14.2. The summed E-state index contributed by atoms with van der Waals surface area (Å²) in [5, 5.41) is 0. The van der Waals surface area contributed by atoms with Crippen molar-refractivity contribution in [2.75, 3.05) is 20.3 Å². The zero-order chi connectivity index (χ0) is 13.7. The van der Waals surface area contributed by atoms with E-state index in [1.54, 1.807) is 7.11 Å². The summed E-state index contributed by atoms with van der Waals surface area (Å²) in [7, 11) is 1.66. The van der Waals surface area contributed by atoms with Crippen molar-refractivity contribution in [3.63, 3.8) is 0 Å². The van der Waals surface area contributed by atoms with Gasteiger partial charge in [0.05, 0.1) is 13.2 Å². The van der Waals surface area contributed by atoms with E-state index in [-0.39, 0.29) is 12.1 Å². The van der Waals surface area contributed by atoms with Gasteiger partial charge < -0.3 is 19.9 Å². The molecule has 106 valence electrons. The van der Waals surface area contributed by atoms with Gasteiger partial charge in [-0.15, -0.1) is 0 Å². The molecule has 0 saturated carbocycles. The number of rotatable bonds is 6. The Kier molecular flexibility index (Phi) is 5.05. The van der Waals surface area contributed by atoms with Gasteiger partial charge in [-0.25, -0.2) is 0 Å². The van der Waals surface area contributed by atoms with Gasteiger partial charge in [0.25, 0.3) is 0 Å². The molecule has 2 atom stereocenters. The number of benzene rings is 1. The lowest BCUT2D eigenvalue weighted by atomic mass is 10.1. The Labute approximate surface area is 114 Å². The fraction of sp³-hybridized carbons (Fsp3) is 0.600. The zero-order valence-electron chi connectivity index (χ0n) is 11.7. The second-order valence-electron chi connectivity index (χ2n) is 5.11. The summed E-state index contributed by atoms with van der Waals surface area (Å²) in [5.41, 5.74) is 6.97. The van der Waals surface area contributed by atoms with E-state index in [2.05, 4.69) is 0 Å². The molecule has 0 spiro atoms. The minimum absolute atomic E-state index is 0.142. The lowest BCUT2D eigenvalue weighted by Crippen LogP contribution is -2.18. The predicted molar refractivity (Wildman–Crippen MR) is 74.8 cm³/mol. The first-order chi connectivity index (χ1) is 9.19. The van der Waals surface area contributed by atoms with Crippen molar-refractivity contribution in [2.24, 2.45) is 5.73 Å². The fourth-order valence-electron chi connectivity index (χ4n) is 2.29. The maximum atomic E-state index is 5.81. The van der Waals surface area contributed by atoms with E-state index in [9.17, 15) is 0 Å². The molecule has 0 amide bonds. The molecule has 0 bridgehead atoms. The number of ether oxygens (including phenoxy) is 3. The van der Waals surface area contributed by atoms with Crippen LogP contribution in [0.2, 0.25) is 0 Å². The highest BCUT2D eigenvalue weighted by Gasteiger charge is 2.17. The topological polar surface area (TPSA) is 53.7 Å². The van der Waals surface area contributed by atoms with Gasteiger partial charge >= 0.3 is 0 Å². The molecule has 2 N–H and O–H groups in total. The van der Waals surface area contributed by atoms with Crippen LogP contribution in [0.3, 0.4) is 0 Å². The summed E-state index contributed by atoms with van der Waals surface area (Å²) >= 11 is 0. The van der Waals surface area contributed by atoms with Crippen LogP contribution in [-0.4, -0.2) is 32.5 Å². The smallest absolute Gasteiger partial charge is 0.161 e. The lowest BCUT2D eigenvalue weighted by molar-refractivity contribution is 0.0669. The van der Waals surface area contributed by atoms with Crippen molar-refractivity contribution in [2.45, 2.75) is 38.3 Å². The van der Waals surface area contributed by atoms with Crippen LogP contribution < -0.4 is 15.2 Å². The molecule has 1 aromatic carbocycles. The molecule has 2 rings (SSSR count). The second kappa shape index (κ2) is 6.78. The van der Waals surface area contributed by atoms with Gasteiger partial charge in [0, 0.05) is 12.6 Å².